The van der Waals surface area contributed by atoms with Gasteiger partial charge in [0.15, 0.2) is 11.6 Å². The molecule has 0 bridgehead atoms. The van der Waals surface area contributed by atoms with Crippen molar-refractivity contribution in [2.75, 3.05) is 6.54 Å². The molecule has 32 heavy (non-hydrogen) atoms. The van der Waals surface area contributed by atoms with Gasteiger partial charge in [-0.15, -0.1) is 0 Å². The molecule has 0 radical (unpaired) electrons. The van der Waals surface area contributed by atoms with E-state index in [0.29, 0.717) is 31.2 Å². The molecule has 3 aliphatic rings. The van der Waals surface area contributed by atoms with E-state index in [1.807, 2.05) is 20.8 Å². The number of carbonyl (C=O) groups excluding carboxylic acids is 3. The van der Waals surface area contributed by atoms with Gasteiger partial charge in [0.1, 0.15) is 6.10 Å². The predicted octanol–water partition coefficient (Wildman–Crippen LogP) is 3.34. The molecule has 3 rings (SSSR count). The van der Waals surface area contributed by atoms with Gasteiger partial charge in [-0.2, -0.15) is 0 Å². The van der Waals surface area contributed by atoms with Crippen molar-refractivity contribution >= 4 is 17.5 Å². The number of carbonyl (C=O) groups is 3. The number of aliphatic hydroxyl groups excluding tert-OH is 1. The Balaban J connectivity index is 1.75. The zero-order valence-electron chi connectivity index (χ0n) is 20.9. The lowest BCUT2D eigenvalue weighted by Gasteiger charge is -2.36. The second kappa shape index (κ2) is 9.17. The lowest BCUT2D eigenvalue weighted by molar-refractivity contribution is -0.143. The summed E-state index contributed by atoms with van der Waals surface area (Å²) in [6.45, 7) is 12.8. The number of aliphatic hydroxyl groups is 1. The minimum Gasteiger partial charge on any atom is -0.385 e. The standard InChI is InChI=1S/C26H44N2O4/c1-7-8-9-16(22(31)19(30)12-15-10-11-15)13-18(29)21-20-17(26(20,5)6)14-28(21)24(32)23(27)25(2,3)4/h15-17,20-23,31H,7-14,27H2,1-6H3/t16-,17+,20+,21-,22+,23-/m1/s1. The first-order valence-corrected chi connectivity index (χ1v) is 12.6. The third kappa shape index (κ3) is 5.11. The molecule has 2 saturated carbocycles. The Hall–Kier alpha value is -1.27. The van der Waals surface area contributed by atoms with Gasteiger partial charge in [-0.3, -0.25) is 14.4 Å². The zero-order chi connectivity index (χ0) is 24.0. The molecule has 0 aromatic rings. The number of fused-ring (bicyclic) bond motifs is 1. The first-order chi connectivity index (χ1) is 14.8. The Labute approximate surface area is 193 Å². The third-order valence-corrected chi connectivity index (χ3v) is 8.38. The normalized spacial score (nSPS) is 29.2. The predicted molar refractivity (Wildman–Crippen MR) is 125 cm³/mol. The number of Topliss-reactive ketones (excluding diaryl/α,β-unsaturated/α-hetero) is 2. The number of amides is 1. The van der Waals surface area contributed by atoms with E-state index in [0.717, 1.165) is 25.7 Å². The molecular formula is C26H44N2O4. The second-order valence-corrected chi connectivity index (χ2v) is 12.4. The lowest BCUT2D eigenvalue weighted by atomic mass is 9.83. The fourth-order valence-corrected chi connectivity index (χ4v) is 5.64. The molecular weight excluding hydrogens is 404 g/mol. The Morgan fingerprint density at radius 2 is 1.81 bits per heavy atom. The molecule has 1 heterocycles. The second-order valence-electron chi connectivity index (χ2n) is 12.4. The summed E-state index contributed by atoms with van der Waals surface area (Å²) < 4.78 is 0. The Morgan fingerprint density at radius 1 is 1.19 bits per heavy atom. The fraction of sp³-hybridized carbons (Fsp3) is 0.885. The molecule has 3 fully saturated rings. The van der Waals surface area contributed by atoms with Gasteiger partial charge in [0.2, 0.25) is 5.91 Å². The molecule has 1 amide bonds. The molecule has 2 aliphatic carbocycles. The van der Waals surface area contributed by atoms with Crippen LogP contribution in [0.2, 0.25) is 0 Å². The van der Waals surface area contributed by atoms with Gasteiger partial charge in [-0.25, -0.2) is 0 Å². The number of unbranched alkanes of at least 4 members (excludes halogenated alkanes) is 1. The lowest BCUT2D eigenvalue weighted by Crippen LogP contribution is -2.55. The Bertz CT molecular complexity index is 737. The first kappa shape index (κ1) is 25.4. The number of nitrogens with zero attached hydrogens (tertiary/aromatic N) is 1. The maximum atomic E-state index is 13.6. The highest BCUT2D eigenvalue weighted by atomic mass is 16.3. The third-order valence-electron chi connectivity index (χ3n) is 8.38. The smallest absolute Gasteiger partial charge is 0.240 e. The zero-order valence-corrected chi connectivity index (χ0v) is 20.9. The highest BCUT2D eigenvalue weighted by Gasteiger charge is 2.69. The van der Waals surface area contributed by atoms with Crippen molar-refractivity contribution in [3.05, 3.63) is 0 Å². The molecule has 0 aromatic carbocycles. The van der Waals surface area contributed by atoms with Crippen LogP contribution >= 0.6 is 0 Å². The summed E-state index contributed by atoms with van der Waals surface area (Å²) in [7, 11) is 0. The number of hydrogen-bond acceptors (Lipinski definition) is 5. The summed E-state index contributed by atoms with van der Waals surface area (Å²) >= 11 is 0. The van der Waals surface area contributed by atoms with Crippen molar-refractivity contribution in [3.63, 3.8) is 0 Å². The Morgan fingerprint density at radius 3 is 2.34 bits per heavy atom. The number of nitrogens with two attached hydrogens (primary N) is 1. The van der Waals surface area contributed by atoms with Gasteiger partial charge >= 0.3 is 0 Å². The van der Waals surface area contributed by atoms with Crippen molar-refractivity contribution < 1.29 is 19.5 Å². The number of ketones is 2. The van der Waals surface area contributed by atoms with Crippen molar-refractivity contribution in [1.29, 1.82) is 0 Å². The molecule has 1 saturated heterocycles. The van der Waals surface area contributed by atoms with Gasteiger partial charge in [0, 0.05) is 19.4 Å². The van der Waals surface area contributed by atoms with E-state index in [4.69, 9.17) is 5.73 Å². The van der Waals surface area contributed by atoms with Crippen molar-refractivity contribution in [3.8, 4) is 0 Å². The summed E-state index contributed by atoms with van der Waals surface area (Å²) in [5.74, 6) is 0.184. The molecule has 6 nitrogen and oxygen atoms in total. The van der Waals surface area contributed by atoms with Gasteiger partial charge < -0.3 is 15.7 Å². The first-order valence-electron chi connectivity index (χ1n) is 12.6. The minimum absolute atomic E-state index is 0.0168. The summed E-state index contributed by atoms with van der Waals surface area (Å²) in [6, 6.07) is -1.16. The average Bonchev–Trinajstić information content (AvgIpc) is 3.55. The SMILES string of the molecule is CCCC[C@H](CC(=O)[C@@H]1[C@@H]2[C@H](CN1C(=O)[C@@H](N)C(C)(C)C)C2(C)C)[C@H](O)C(=O)CC1CC1. The van der Waals surface area contributed by atoms with E-state index in [9.17, 15) is 19.5 Å². The Kier molecular flexibility index (Phi) is 7.27. The highest BCUT2D eigenvalue weighted by Crippen LogP contribution is 2.65. The van der Waals surface area contributed by atoms with E-state index in [1.165, 1.54) is 0 Å². The number of hydrogen-bond donors (Lipinski definition) is 2. The average molecular weight is 449 g/mol. The molecule has 0 aromatic heterocycles. The van der Waals surface area contributed by atoms with Crippen molar-refractivity contribution in [1.82, 2.24) is 4.90 Å². The van der Waals surface area contributed by atoms with Crippen LogP contribution in [0.4, 0.5) is 0 Å². The van der Waals surface area contributed by atoms with Gasteiger partial charge in [0.25, 0.3) is 0 Å². The number of likely N-dealkylation sites (tertiary alicyclic amines) is 1. The van der Waals surface area contributed by atoms with E-state index >= 15 is 0 Å². The molecule has 182 valence electrons. The number of rotatable bonds is 11. The maximum absolute atomic E-state index is 13.6. The van der Waals surface area contributed by atoms with Crippen molar-refractivity contribution in [2.45, 2.75) is 105 Å². The molecule has 6 heteroatoms. The van der Waals surface area contributed by atoms with Crippen LogP contribution in [0.5, 0.6) is 0 Å². The van der Waals surface area contributed by atoms with Gasteiger partial charge in [-0.05, 0) is 53.8 Å². The van der Waals surface area contributed by atoms with Crippen LogP contribution in [-0.2, 0) is 14.4 Å². The van der Waals surface area contributed by atoms with Gasteiger partial charge in [0.05, 0.1) is 12.1 Å². The topological polar surface area (TPSA) is 101 Å². The van der Waals surface area contributed by atoms with E-state index in [2.05, 4.69) is 20.8 Å². The van der Waals surface area contributed by atoms with E-state index in [-0.39, 0.29) is 46.6 Å². The van der Waals surface area contributed by atoms with Crippen molar-refractivity contribution in [2.24, 2.45) is 40.2 Å². The monoisotopic (exact) mass is 448 g/mol. The minimum atomic E-state index is -1.09. The fourth-order valence-electron chi connectivity index (χ4n) is 5.64. The van der Waals surface area contributed by atoms with E-state index < -0.39 is 18.2 Å². The highest BCUT2D eigenvalue weighted by molar-refractivity contribution is 5.93. The quantitative estimate of drug-likeness (QED) is 0.505. The summed E-state index contributed by atoms with van der Waals surface area (Å²) in [4.78, 5) is 41.2. The number of piperidine rings is 1. The summed E-state index contributed by atoms with van der Waals surface area (Å²) in [5, 5.41) is 10.8. The maximum Gasteiger partial charge on any atom is 0.240 e. The molecule has 0 unspecified atom stereocenters. The molecule has 0 spiro atoms. The molecule has 6 atom stereocenters. The van der Waals surface area contributed by atoms with Crippen LogP contribution in [0.15, 0.2) is 0 Å². The van der Waals surface area contributed by atoms with Crippen LogP contribution in [0.3, 0.4) is 0 Å². The molecule has 3 N–H and O–H groups in total. The van der Waals surface area contributed by atoms with Gasteiger partial charge in [-0.1, -0.05) is 54.4 Å². The molecule has 1 aliphatic heterocycles. The summed E-state index contributed by atoms with van der Waals surface area (Å²) in [5.41, 5.74) is 5.93. The van der Waals surface area contributed by atoms with Crippen LogP contribution in [-0.4, -0.2) is 52.2 Å². The largest absolute Gasteiger partial charge is 0.385 e. The van der Waals surface area contributed by atoms with Crippen LogP contribution in [0.25, 0.3) is 0 Å². The van der Waals surface area contributed by atoms with Crippen LogP contribution in [0.1, 0.15) is 86.5 Å². The van der Waals surface area contributed by atoms with Crippen LogP contribution < -0.4 is 5.73 Å². The van der Waals surface area contributed by atoms with E-state index in [1.54, 1.807) is 4.90 Å². The van der Waals surface area contributed by atoms with Crippen LogP contribution in [0, 0.1) is 34.5 Å². The summed E-state index contributed by atoms with van der Waals surface area (Å²) in [6.07, 6.45) is 4.06.